The molecule has 5 nitrogen and oxygen atoms in total. The van der Waals surface area contributed by atoms with Gasteiger partial charge in [0.2, 0.25) is 0 Å². The highest BCUT2D eigenvalue weighted by atomic mass is 32.2. The number of aromatic nitrogens is 1. The number of hydrogen-bond donors (Lipinski definition) is 1. The summed E-state index contributed by atoms with van der Waals surface area (Å²) in [5, 5.41) is 9.86. The Morgan fingerprint density at radius 3 is 2.34 bits per heavy atom. The quantitative estimate of drug-likeness (QED) is 0.340. The van der Waals surface area contributed by atoms with Crippen LogP contribution in [0.25, 0.3) is 0 Å². The molecule has 1 heterocycles. The van der Waals surface area contributed by atoms with Crippen LogP contribution in [-0.2, 0) is 6.54 Å². The van der Waals surface area contributed by atoms with Gasteiger partial charge in [-0.2, -0.15) is 5.26 Å². The van der Waals surface area contributed by atoms with Gasteiger partial charge in [-0.3, -0.25) is 9.52 Å². The Kier molecular flexibility index (Phi) is 6.85. The number of aryl methyl sites for hydroxylation is 1. The Bertz CT molecular complexity index is 1230. The zero-order valence-corrected chi connectivity index (χ0v) is 19.0. The molecule has 32 heavy (non-hydrogen) atoms. The number of amides is 1. The van der Waals surface area contributed by atoms with Crippen LogP contribution in [0.4, 0.5) is 10.8 Å². The standard InChI is InChI=1S/C25H20N4OS2/c1-18-23(24(30)28-32-22-10-6-3-7-11-22)27-25(31-18)29(17-20-8-4-2-5-9-20)21-14-12-19(16-26)13-15-21/h2-15H,17H2,1H3,(H,28,30). The van der Waals surface area contributed by atoms with Crippen LogP contribution in [0.5, 0.6) is 0 Å². The molecule has 1 aromatic heterocycles. The van der Waals surface area contributed by atoms with E-state index in [1.165, 1.54) is 23.3 Å². The number of carbonyl (C=O) groups excluding carboxylic acids is 1. The number of benzene rings is 3. The fourth-order valence-electron chi connectivity index (χ4n) is 3.10. The van der Waals surface area contributed by atoms with E-state index in [1.54, 1.807) is 12.1 Å². The molecule has 0 spiro atoms. The number of hydrogen-bond acceptors (Lipinski definition) is 6. The van der Waals surface area contributed by atoms with E-state index in [2.05, 4.69) is 27.8 Å². The van der Waals surface area contributed by atoms with E-state index in [4.69, 9.17) is 10.2 Å². The average Bonchev–Trinajstić information content (AvgIpc) is 3.23. The summed E-state index contributed by atoms with van der Waals surface area (Å²) in [6.45, 7) is 2.50. The second-order valence-corrected chi connectivity index (χ2v) is 9.04. The van der Waals surface area contributed by atoms with Crippen LogP contribution in [0.1, 0.15) is 26.5 Å². The van der Waals surface area contributed by atoms with Crippen molar-refractivity contribution in [2.45, 2.75) is 18.4 Å². The molecule has 1 amide bonds. The van der Waals surface area contributed by atoms with Gasteiger partial charge in [0.1, 0.15) is 5.69 Å². The fraction of sp³-hybridized carbons (Fsp3) is 0.0800. The van der Waals surface area contributed by atoms with E-state index >= 15 is 0 Å². The highest BCUT2D eigenvalue weighted by Crippen LogP contribution is 2.33. The lowest BCUT2D eigenvalue weighted by atomic mass is 10.2. The van der Waals surface area contributed by atoms with Gasteiger partial charge in [-0.05, 0) is 60.8 Å². The summed E-state index contributed by atoms with van der Waals surface area (Å²) in [7, 11) is 0. The predicted octanol–water partition coefficient (Wildman–Crippen LogP) is 6.10. The van der Waals surface area contributed by atoms with Crippen LogP contribution in [0.15, 0.2) is 89.8 Å². The molecule has 0 saturated heterocycles. The van der Waals surface area contributed by atoms with Crippen molar-refractivity contribution in [3.8, 4) is 6.07 Å². The Labute approximate surface area is 195 Å². The molecular formula is C25H20N4OS2. The van der Waals surface area contributed by atoms with Gasteiger partial charge in [-0.25, -0.2) is 4.98 Å². The first-order valence-electron chi connectivity index (χ1n) is 9.95. The smallest absolute Gasteiger partial charge is 0.281 e. The van der Waals surface area contributed by atoms with Gasteiger partial charge in [-0.15, -0.1) is 11.3 Å². The highest BCUT2D eigenvalue weighted by Gasteiger charge is 2.21. The van der Waals surface area contributed by atoms with Gasteiger partial charge in [0.05, 0.1) is 18.2 Å². The third-order valence-electron chi connectivity index (χ3n) is 4.73. The molecule has 0 radical (unpaired) electrons. The molecular weight excluding hydrogens is 436 g/mol. The number of rotatable bonds is 7. The molecule has 0 atom stereocenters. The zero-order valence-electron chi connectivity index (χ0n) is 17.4. The van der Waals surface area contributed by atoms with Gasteiger partial charge in [0.25, 0.3) is 5.91 Å². The monoisotopic (exact) mass is 456 g/mol. The third-order valence-corrected chi connectivity index (χ3v) is 6.52. The van der Waals surface area contributed by atoms with Crippen molar-refractivity contribution < 1.29 is 4.79 Å². The van der Waals surface area contributed by atoms with Crippen molar-refractivity contribution in [2.24, 2.45) is 0 Å². The number of anilines is 2. The van der Waals surface area contributed by atoms with Crippen LogP contribution in [0, 0.1) is 18.3 Å². The van der Waals surface area contributed by atoms with Crippen molar-refractivity contribution in [1.29, 1.82) is 5.26 Å². The SMILES string of the molecule is Cc1sc(N(Cc2ccccc2)c2ccc(C#N)cc2)nc1C(=O)NSc1ccccc1. The number of nitrogens with one attached hydrogen (secondary N) is 1. The topological polar surface area (TPSA) is 69.0 Å². The molecule has 7 heteroatoms. The molecule has 0 aliphatic heterocycles. The van der Waals surface area contributed by atoms with Crippen molar-refractivity contribution >= 4 is 40.0 Å². The molecule has 158 valence electrons. The summed E-state index contributed by atoms with van der Waals surface area (Å²) in [6, 6.07) is 29.3. The summed E-state index contributed by atoms with van der Waals surface area (Å²) in [6.07, 6.45) is 0. The van der Waals surface area contributed by atoms with Crippen LogP contribution < -0.4 is 9.62 Å². The van der Waals surface area contributed by atoms with Gasteiger partial charge in [0, 0.05) is 15.5 Å². The number of nitrogens with zero attached hydrogens (tertiary/aromatic N) is 3. The normalized spacial score (nSPS) is 10.4. The van der Waals surface area contributed by atoms with E-state index in [-0.39, 0.29) is 5.91 Å². The minimum absolute atomic E-state index is 0.224. The summed E-state index contributed by atoms with van der Waals surface area (Å²) in [5.41, 5.74) is 3.05. The minimum Gasteiger partial charge on any atom is -0.313 e. The van der Waals surface area contributed by atoms with Gasteiger partial charge < -0.3 is 4.90 Å². The second kappa shape index (κ2) is 10.1. The molecule has 4 aromatic rings. The number of carbonyl (C=O) groups is 1. The number of nitriles is 1. The van der Waals surface area contributed by atoms with Crippen LogP contribution in [-0.4, -0.2) is 10.9 Å². The first-order valence-corrected chi connectivity index (χ1v) is 11.6. The van der Waals surface area contributed by atoms with E-state index in [1.807, 2.05) is 67.6 Å². The van der Waals surface area contributed by atoms with Crippen molar-refractivity contribution in [3.63, 3.8) is 0 Å². The van der Waals surface area contributed by atoms with E-state index < -0.39 is 0 Å². The Morgan fingerprint density at radius 1 is 1.03 bits per heavy atom. The summed E-state index contributed by atoms with van der Waals surface area (Å²) in [4.78, 5) is 21.4. The highest BCUT2D eigenvalue weighted by molar-refractivity contribution is 7.98. The molecule has 0 aliphatic carbocycles. The van der Waals surface area contributed by atoms with Gasteiger partial charge >= 0.3 is 0 Å². The third kappa shape index (κ3) is 5.17. The first kappa shape index (κ1) is 21.6. The largest absolute Gasteiger partial charge is 0.313 e. The van der Waals surface area contributed by atoms with Crippen molar-refractivity contribution in [3.05, 3.63) is 107 Å². The number of thiazole rings is 1. The molecule has 1 N–H and O–H groups in total. The van der Waals surface area contributed by atoms with Crippen molar-refractivity contribution in [2.75, 3.05) is 4.90 Å². The van der Waals surface area contributed by atoms with E-state index in [0.717, 1.165) is 26.2 Å². The zero-order chi connectivity index (χ0) is 22.3. The molecule has 0 bridgehead atoms. The van der Waals surface area contributed by atoms with Crippen molar-refractivity contribution in [1.82, 2.24) is 9.71 Å². The second-order valence-electron chi connectivity index (χ2n) is 6.98. The summed E-state index contributed by atoms with van der Waals surface area (Å²) < 4.78 is 2.88. The molecule has 0 fully saturated rings. The molecule has 0 unspecified atom stereocenters. The van der Waals surface area contributed by atoms with Crippen LogP contribution in [0.2, 0.25) is 0 Å². The Balaban J connectivity index is 1.60. The van der Waals surface area contributed by atoms with Crippen LogP contribution in [0.3, 0.4) is 0 Å². The predicted molar refractivity (Wildman–Crippen MR) is 130 cm³/mol. The van der Waals surface area contributed by atoms with E-state index in [0.29, 0.717) is 17.8 Å². The summed E-state index contributed by atoms with van der Waals surface area (Å²) in [5.74, 6) is -0.224. The lowest BCUT2D eigenvalue weighted by molar-refractivity contribution is 0.0979. The Hall–Kier alpha value is -3.60. The first-order chi connectivity index (χ1) is 15.6. The molecule has 0 aliphatic rings. The maximum Gasteiger partial charge on any atom is 0.281 e. The lowest BCUT2D eigenvalue weighted by Crippen LogP contribution is -2.19. The minimum atomic E-state index is -0.224. The Morgan fingerprint density at radius 2 is 1.69 bits per heavy atom. The van der Waals surface area contributed by atoms with E-state index in [9.17, 15) is 4.79 Å². The fourth-order valence-corrected chi connectivity index (χ4v) is 4.63. The average molecular weight is 457 g/mol. The summed E-state index contributed by atoms with van der Waals surface area (Å²) >= 11 is 2.75. The molecule has 3 aromatic carbocycles. The van der Waals surface area contributed by atoms with Gasteiger partial charge in [0.15, 0.2) is 5.13 Å². The molecule has 0 saturated carbocycles. The molecule has 4 rings (SSSR count). The maximum absolute atomic E-state index is 12.8. The maximum atomic E-state index is 12.8. The van der Waals surface area contributed by atoms with Crippen LogP contribution >= 0.6 is 23.3 Å². The van der Waals surface area contributed by atoms with Gasteiger partial charge in [-0.1, -0.05) is 48.5 Å². The lowest BCUT2D eigenvalue weighted by Gasteiger charge is -2.22.